The normalized spacial score (nSPS) is 11.6. The Labute approximate surface area is 180 Å². The first-order valence-corrected chi connectivity index (χ1v) is 10.2. The molecule has 1 aromatic carbocycles. The highest BCUT2D eigenvalue weighted by Gasteiger charge is 2.28. The summed E-state index contributed by atoms with van der Waals surface area (Å²) < 4.78 is 26.6. The van der Waals surface area contributed by atoms with Crippen LogP contribution in [0.15, 0.2) is 18.2 Å². The summed E-state index contributed by atoms with van der Waals surface area (Å²) in [7, 11) is 4.37. The SMILES string of the molecule is COC(=O)C(C)(C)CCCOc1ccc(OCCCC(C)(C)C(=O)OC)c(OC)c1. The van der Waals surface area contributed by atoms with Crippen LogP contribution in [0.25, 0.3) is 0 Å². The third kappa shape index (κ3) is 7.76. The van der Waals surface area contributed by atoms with Gasteiger partial charge in [-0.2, -0.15) is 0 Å². The van der Waals surface area contributed by atoms with Crippen LogP contribution in [0.5, 0.6) is 17.2 Å². The van der Waals surface area contributed by atoms with Crippen molar-refractivity contribution in [3.05, 3.63) is 18.2 Å². The number of ether oxygens (including phenoxy) is 5. The van der Waals surface area contributed by atoms with Gasteiger partial charge in [0.1, 0.15) is 5.75 Å². The average Bonchev–Trinajstić information content (AvgIpc) is 2.73. The topological polar surface area (TPSA) is 80.3 Å². The van der Waals surface area contributed by atoms with Gasteiger partial charge in [0.25, 0.3) is 0 Å². The molecule has 0 N–H and O–H groups in total. The van der Waals surface area contributed by atoms with Crippen LogP contribution in [0.1, 0.15) is 53.4 Å². The monoisotopic (exact) mass is 424 g/mol. The minimum absolute atomic E-state index is 0.222. The summed E-state index contributed by atoms with van der Waals surface area (Å²) in [5.74, 6) is 1.42. The van der Waals surface area contributed by atoms with Crippen molar-refractivity contribution in [1.29, 1.82) is 0 Å². The molecule has 0 aromatic heterocycles. The molecule has 1 rings (SSSR count). The van der Waals surface area contributed by atoms with Crippen molar-refractivity contribution in [2.75, 3.05) is 34.5 Å². The first kappa shape index (κ1) is 25.6. The first-order valence-electron chi connectivity index (χ1n) is 10.2. The van der Waals surface area contributed by atoms with Gasteiger partial charge in [-0.1, -0.05) is 0 Å². The lowest BCUT2D eigenvalue weighted by Crippen LogP contribution is -2.26. The van der Waals surface area contributed by atoms with Gasteiger partial charge in [-0.25, -0.2) is 0 Å². The molecule has 0 heterocycles. The Morgan fingerprint density at radius 2 is 1.27 bits per heavy atom. The first-order chi connectivity index (χ1) is 14.1. The minimum atomic E-state index is -0.539. The van der Waals surface area contributed by atoms with E-state index in [1.807, 2.05) is 33.8 Å². The molecule has 0 saturated heterocycles. The largest absolute Gasteiger partial charge is 0.493 e. The molecular weight excluding hydrogens is 388 g/mol. The number of hydrogen-bond donors (Lipinski definition) is 0. The average molecular weight is 425 g/mol. The maximum atomic E-state index is 11.7. The fourth-order valence-electron chi connectivity index (χ4n) is 3.01. The van der Waals surface area contributed by atoms with E-state index < -0.39 is 10.8 Å². The van der Waals surface area contributed by atoms with Gasteiger partial charge in [0, 0.05) is 6.07 Å². The fraction of sp³-hybridized carbons (Fsp3) is 0.652. The highest BCUT2D eigenvalue weighted by Crippen LogP contribution is 2.32. The summed E-state index contributed by atoms with van der Waals surface area (Å²) in [6.07, 6.45) is 2.75. The molecule has 170 valence electrons. The molecule has 0 bridgehead atoms. The number of methoxy groups -OCH3 is 3. The third-order valence-corrected chi connectivity index (χ3v) is 5.03. The van der Waals surface area contributed by atoms with Gasteiger partial charge in [-0.3, -0.25) is 9.59 Å². The molecule has 0 radical (unpaired) electrons. The zero-order chi connectivity index (χ0) is 22.8. The third-order valence-electron chi connectivity index (χ3n) is 5.03. The van der Waals surface area contributed by atoms with Crippen molar-refractivity contribution in [1.82, 2.24) is 0 Å². The van der Waals surface area contributed by atoms with E-state index >= 15 is 0 Å². The van der Waals surface area contributed by atoms with E-state index in [1.165, 1.54) is 14.2 Å². The second kappa shape index (κ2) is 11.7. The molecule has 0 spiro atoms. The second-order valence-corrected chi connectivity index (χ2v) is 8.47. The summed E-state index contributed by atoms with van der Waals surface area (Å²) in [6, 6.07) is 5.40. The lowest BCUT2D eigenvalue weighted by atomic mass is 9.88. The quantitative estimate of drug-likeness (QED) is 0.343. The van der Waals surface area contributed by atoms with E-state index in [-0.39, 0.29) is 11.9 Å². The molecule has 0 unspecified atom stereocenters. The summed E-state index contributed by atoms with van der Waals surface area (Å²) >= 11 is 0. The van der Waals surface area contributed by atoms with Gasteiger partial charge < -0.3 is 23.7 Å². The van der Waals surface area contributed by atoms with Crippen LogP contribution in [0.3, 0.4) is 0 Å². The van der Waals surface area contributed by atoms with Crippen molar-refractivity contribution in [3.63, 3.8) is 0 Å². The Hall–Kier alpha value is -2.44. The Bertz CT molecular complexity index is 695. The van der Waals surface area contributed by atoms with E-state index in [0.717, 1.165) is 6.42 Å². The van der Waals surface area contributed by atoms with E-state index in [9.17, 15) is 9.59 Å². The van der Waals surface area contributed by atoms with Crippen LogP contribution in [0, 0.1) is 10.8 Å². The second-order valence-electron chi connectivity index (χ2n) is 8.47. The van der Waals surface area contributed by atoms with Crippen LogP contribution in [0.4, 0.5) is 0 Å². The molecule has 1 aromatic rings. The lowest BCUT2D eigenvalue weighted by Gasteiger charge is -2.21. The molecular formula is C23H36O7. The van der Waals surface area contributed by atoms with Crippen molar-refractivity contribution in [2.24, 2.45) is 10.8 Å². The van der Waals surface area contributed by atoms with Crippen LogP contribution < -0.4 is 14.2 Å². The predicted molar refractivity (Wildman–Crippen MR) is 114 cm³/mol. The summed E-state index contributed by atoms with van der Waals surface area (Å²) in [5.41, 5.74) is -1.07. The smallest absolute Gasteiger partial charge is 0.311 e. The molecule has 7 heteroatoms. The maximum absolute atomic E-state index is 11.7. The molecule has 0 aliphatic carbocycles. The van der Waals surface area contributed by atoms with E-state index in [1.54, 1.807) is 19.2 Å². The number of hydrogen-bond acceptors (Lipinski definition) is 7. The van der Waals surface area contributed by atoms with E-state index in [4.69, 9.17) is 23.7 Å². The maximum Gasteiger partial charge on any atom is 0.311 e. The zero-order valence-electron chi connectivity index (χ0n) is 19.3. The summed E-state index contributed by atoms with van der Waals surface area (Å²) in [4.78, 5) is 23.4. The van der Waals surface area contributed by atoms with Crippen LogP contribution >= 0.6 is 0 Å². The molecule has 0 atom stereocenters. The summed E-state index contributed by atoms with van der Waals surface area (Å²) in [5, 5.41) is 0. The van der Waals surface area contributed by atoms with Gasteiger partial charge in [-0.05, 0) is 65.5 Å². The van der Waals surface area contributed by atoms with Crippen molar-refractivity contribution in [3.8, 4) is 17.2 Å². The number of benzene rings is 1. The molecule has 0 saturated carbocycles. The Kier molecular flexibility index (Phi) is 9.96. The van der Waals surface area contributed by atoms with Crippen LogP contribution in [-0.4, -0.2) is 46.5 Å². The fourth-order valence-corrected chi connectivity index (χ4v) is 3.01. The number of esters is 2. The minimum Gasteiger partial charge on any atom is -0.493 e. The van der Waals surface area contributed by atoms with Crippen molar-refractivity contribution in [2.45, 2.75) is 53.4 Å². The Morgan fingerprint density at radius 1 is 0.767 bits per heavy atom. The summed E-state index contributed by atoms with van der Waals surface area (Å²) in [6.45, 7) is 8.38. The molecule has 0 aliphatic heterocycles. The standard InChI is InChI=1S/C23H36O7/c1-22(2,20(24)27-6)12-8-14-29-17-10-11-18(19(16-17)26-5)30-15-9-13-23(3,4)21(25)28-7/h10-11,16H,8-9,12-15H2,1-7H3. The van der Waals surface area contributed by atoms with Crippen molar-refractivity contribution >= 4 is 11.9 Å². The van der Waals surface area contributed by atoms with Gasteiger partial charge in [0.05, 0.1) is 45.4 Å². The number of rotatable bonds is 13. The van der Waals surface area contributed by atoms with Gasteiger partial charge in [-0.15, -0.1) is 0 Å². The highest BCUT2D eigenvalue weighted by molar-refractivity contribution is 5.76. The molecule has 0 aliphatic rings. The van der Waals surface area contributed by atoms with Gasteiger partial charge >= 0.3 is 11.9 Å². The molecule has 0 fully saturated rings. The molecule has 7 nitrogen and oxygen atoms in total. The molecule has 30 heavy (non-hydrogen) atoms. The zero-order valence-corrected chi connectivity index (χ0v) is 19.3. The van der Waals surface area contributed by atoms with Gasteiger partial charge in [0.2, 0.25) is 0 Å². The lowest BCUT2D eigenvalue weighted by molar-refractivity contribution is -0.152. The Balaban J connectivity index is 2.51. The Morgan fingerprint density at radius 3 is 1.73 bits per heavy atom. The van der Waals surface area contributed by atoms with Crippen LogP contribution in [0.2, 0.25) is 0 Å². The highest BCUT2D eigenvalue weighted by atomic mass is 16.5. The van der Waals surface area contributed by atoms with E-state index in [2.05, 4.69) is 0 Å². The van der Waals surface area contributed by atoms with E-state index in [0.29, 0.717) is 49.7 Å². The van der Waals surface area contributed by atoms with Crippen LogP contribution in [-0.2, 0) is 19.1 Å². The number of carbonyl (C=O) groups excluding carboxylic acids is 2. The van der Waals surface area contributed by atoms with Crippen molar-refractivity contribution < 1.29 is 33.3 Å². The predicted octanol–water partition coefficient (Wildman–Crippen LogP) is 4.41. The molecule has 0 amide bonds. The van der Waals surface area contributed by atoms with Gasteiger partial charge in [0.15, 0.2) is 11.5 Å². The number of carbonyl (C=O) groups is 2.